The third kappa shape index (κ3) is 10.8. The van der Waals surface area contributed by atoms with Gasteiger partial charge in [0.25, 0.3) is 0 Å². The summed E-state index contributed by atoms with van der Waals surface area (Å²) in [6.07, 6.45) is 2.11. The molecule has 0 aliphatic rings. The SMILES string of the molecule is CC(/C=C(/C)[N-]c1c(C(C)C)cccc1C(C)C)=Nc1c(C(C)C)cccc1C(C)C.[Ca+2].[NH-]Cc1ccccc1. The zero-order valence-corrected chi connectivity index (χ0v) is 28.8. The number of rotatable bonds is 9. The fourth-order valence-corrected chi connectivity index (χ4v) is 4.60. The molecule has 3 aromatic carbocycles. The van der Waals surface area contributed by atoms with Crippen molar-refractivity contribution in [3.63, 3.8) is 0 Å². The van der Waals surface area contributed by atoms with Crippen LogP contribution < -0.4 is 0 Å². The number of benzene rings is 3. The maximum Gasteiger partial charge on any atom is 2.00 e. The molecule has 4 heteroatoms. The summed E-state index contributed by atoms with van der Waals surface area (Å²) in [5.41, 5.74) is 17.5. The Balaban J connectivity index is 0.000000761. The molecule has 0 bridgehead atoms. The average Bonchev–Trinajstić information content (AvgIpc) is 2.89. The molecule has 3 aromatic rings. The Morgan fingerprint density at radius 2 is 1.10 bits per heavy atom. The zero-order valence-electron chi connectivity index (χ0n) is 26.5. The van der Waals surface area contributed by atoms with Crippen LogP contribution in [0, 0.1) is 0 Å². The van der Waals surface area contributed by atoms with Crippen LogP contribution in [-0.4, -0.2) is 43.4 Å². The van der Waals surface area contributed by atoms with Gasteiger partial charge >= 0.3 is 37.7 Å². The summed E-state index contributed by atoms with van der Waals surface area (Å²) < 4.78 is 0. The predicted molar refractivity (Wildman–Crippen MR) is 179 cm³/mol. The van der Waals surface area contributed by atoms with Gasteiger partial charge in [-0.05, 0) is 41.7 Å². The van der Waals surface area contributed by atoms with Crippen LogP contribution >= 0.6 is 0 Å². The molecule has 0 atom stereocenters. The molecule has 210 valence electrons. The van der Waals surface area contributed by atoms with Gasteiger partial charge in [0, 0.05) is 5.71 Å². The monoisotopic (exact) mass is 563 g/mol. The molecule has 0 heterocycles. The van der Waals surface area contributed by atoms with Crippen molar-refractivity contribution < 1.29 is 0 Å². The molecule has 40 heavy (non-hydrogen) atoms. The van der Waals surface area contributed by atoms with Crippen LogP contribution in [0.2, 0.25) is 0 Å². The van der Waals surface area contributed by atoms with Gasteiger partial charge in [-0.1, -0.05) is 152 Å². The molecule has 0 spiro atoms. The molecule has 0 radical (unpaired) electrons. The number of nitrogens with one attached hydrogen (secondary N) is 1. The van der Waals surface area contributed by atoms with E-state index in [0.717, 1.165) is 28.3 Å². The molecule has 0 aliphatic heterocycles. The van der Waals surface area contributed by atoms with Crippen LogP contribution in [0.15, 0.2) is 83.5 Å². The fourth-order valence-electron chi connectivity index (χ4n) is 4.60. The average molecular weight is 564 g/mol. The van der Waals surface area contributed by atoms with E-state index in [4.69, 9.17) is 16.0 Å². The number of allylic oxidation sites excluding steroid dienone is 2. The first-order valence-electron chi connectivity index (χ1n) is 14.4. The zero-order chi connectivity index (χ0) is 29.1. The summed E-state index contributed by atoms with van der Waals surface area (Å²) in [5, 5.41) is 5.08. The first-order valence-corrected chi connectivity index (χ1v) is 14.4. The molecule has 0 saturated carbocycles. The predicted octanol–water partition coefficient (Wildman–Crippen LogP) is 11.7. The number of hydrogen-bond donors (Lipinski definition) is 0. The van der Waals surface area contributed by atoms with Crippen LogP contribution in [0.3, 0.4) is 0 Å². The second kappa shape index (κ2) is 17.8. The molecule has 0 amide bonds. The van der Waals surface area contributed by atoms with E-state index in [2.05, 4.69) is 112 Å². The largest absolute Gasteiger partial charge is 2.00 e. The van der Waals surface area contributed by atoms with Crippen molar-refractivity contribution >= 4 is 54.8 Å². The molecule has 0 saturated heterocycles. The van der Waals surface area contributed by atoms with Gasteiger partial charge in [-0.15, -0.1) is 12.2 Å². The molecule has 0 aliphatic carbocycles. The van der Waals surface area contributed by atoms with E-state index in [-0.39, 0.29) is 37.7 Å². The summed E-state index contributed by atoms with van der Waals surface area (Å²) >= 11 is 0. The van der Waals surface area contributed by atoms with Crippen LogP contribution in [0.1, 0.15) is 121 Å². The molecular weight excluding hydrogens is 514 g/mol. The third-order valence-corrected chi connectivity index (χ3v) is 6.73. The van der Waals surface area contributed by atoms with Crippen LogP contribution in [-0.2, 0) is 6.54 Å². The summed E-state index contributed by atoms with van der Waals surface area (Å²) in [4.78, 5) is 5.08. The van der Waals surface area contributed by atoms with Crippen LogP contribution in [0.4, 0.5) is 11.4 Å². The van der Waals surface area contributed by atoms with Gasteiger partial charge < -0.3 is 11.1 Å². The summed E-state index contributed by atoms with van der Waals surface area (Å²) in [5.74, 6) is 1.75. The second-order valence-corrected chi connectivity index (χ2v) is 11.5. The number of aliphatic imine (C=N–C) groups is 1. The van der Waals surface area contributed by atoms with Crippen molar-refractivity contribution in [1.82, 2.24) is 0 Å². The van der Waals surface area contributed by atoms with Crippen molar-refractivity contribution in [2.45, 2.75) is 99.5 Å². The van der Waals surface area contributed by atoms with E-state index in [1.807, 2.05) is 30.3 Å². The Morgan fingerprint density at radius 3 is 1.48 bits per heavy atom. The van der Waals surface area contributed by atoms with Gasteiger partial charge in [0.1, 0.15) is 0 Å². The maximum atomic E-state index is 6.94. The molecule has 3 rings (SSSR count). The third-order valence-electron chi connectivity index (χ3n) is 6.73. The van der Waals surface area contributed by atoms with Crippen molar-refractivity contribution in [3.05, 3.63) is 117 Å². The number of hydrogen-bond acceptors (Lipinski definition) is 1. The van der Waals surface area contributed by atoms with Gasteiger partial charge in [-0.25, -0.2) is 0 Å². The van der Waals surface area contributed by atoms with Crippen molar-refractivity contribution in [2.24, 2.45) is 4.99 Å². The Labute approximate surface area is 274 Å². The molecule has 1 N–H and O–H groups in total. The first-order chi connectivity index (χ1) is 18.5. The fraction of sp³-hybridized carbons (Fsp3) is 0.417. The van der Waals surface area contributed by atoms with Gasteiger partial charge in [0.05, 0.1) is 5.69 Å². The van der Waals surface area contributed by atoms with Gasteiger partial charge in [0.15, 0.2) is 0 Å². The van der Waals surface area contributed by atoms with E-state index in [0.29, 0.717) is 30.2 Å². The van der Waals surface area contributed by atoms with Crippen LogP contribution in [0.5, 0.6) is 0 Å². The minimum atomic E-state index is 0. The minimum Gasteiger partial charge on any atom is -0.674 e. The van der Waals surface area contributed by atoms with Crippen molar-refractivity contribution in [1.29, 1.82) is 0 Å². The normalized spacial score (nSPS) is 12.0. The Bertz CT molecular complexity index is 1190. The summed E-state index contributed by atoms with van der Waals surface area (Å²) in [6, 6.07) is 22.9. The van der Waals surface area contributed by atoms with Gasteiger partial charge in [0.2, 0.25) is 0 Å². The second-order valence-electron chi connectivity index (χ2n) is 11.5. The van der Waals surface area contributed by atoms with E-state index < -0.39 is 0 Å². The molecular formula is C36H49CaN3. The smallest absolute Gasteiger partial charge is 0.674 e. The standard InChI is InChI=1S/C29H41N2.C7H8N.Ca/c1-18(2)24-13-11-14-25(19(3)4)28(24)30-22(9)17-23(10)31-29-26(20(5)6)15-12-16-27(29)21(7)8;8-6-7-4-2-1-3-5-7;/h11-21H,1-10H3;1-5,8H,6H2;/q2*-1;+2/b22-17-,31-23?;;. The topological polar surface area (TPSA) is 50.3 Å². The Kier molecular flexibility index (Phi) is 16.1. The van der Waals surface area contributed by atoms with E-state index in [1.165, 1.54) is 22.3 Å². The van der Waals surface area contributed by atoms with Gasteiger partial charge in [-0.3, -0.25) is 4.99 Å². The number of para-hydroxylation sites is 2. The molecule has 0 aromatic heterocycles. The summed E-state index contributed by atoms with van der Waals surface area (Å²) in [6.45, 7) is 22.4. The van der Waals surface area contributed by atoms with Crippen LogP contribution in [0.25, 0.3) is 11.1 Å². The first kappa shape index (κ1) is 36.1. The van der Waals surface area contributed by atoms with E-state index in [1.54, 1.807) is 0 Å². The Hall–Kier alpha value is -1.91. The maximum absolute atomic E-state index is 6.94. The summed E-state index contributed by atoms with van der Waals surface area (Å²) in [7, 11) is 0. The van der Waals surface area contributed by atoms with Crippen molar-refractivity contribution in [3.8, 4) is 0 Å². The van der Waals surface area contributed by atoms with E-state index >= 15 is 0 Å². The van der Waals surface area contributed by atoms with Crippen molar-refractivity contribution in [2.75, 3.05) is 0 Å². The Morgan fingerprint density at radius 1 is 0.675 bits per heavy atom. The molecule has 0 unspecified atom stereocenters. The quantitative estimate of drug-likeness (QED) is 0.184. The molecule has 3 nitrogen and oxygen atoms in total. The van der Waals surface area contributed by atoms with E-state index in [9.17, 15) is 0 Å². The minimum absolute atomic E-state index is 0. The number of nitrogens with zero attached hydrogens (tertiary/aromatic N) is 2. The molecule has 0 fully saturated rings. The van der Waals surface area contributed by atoms with Gasteiger partial charge in [-0.2, -0.15) is 5.70 Å².